The Hall–Kier alpha value is -1.05. The molecule has 2 nitrogen and oxygen atoms in total. The van der Waals surface area contributed by atoms with Crippen LogP contribution in [-0.2, 0) is 9.53 Å². The van der Waals surface area contributed by atoms with E-state index >= 15 is 0 Å². The molecule has 0 aromatic heterocycles. The molecule has 0 unspecified atom stereocenters. The van der Waals surface area contributed by atoms with Crippen LogP contribution in [0, 0.1) is 0 Å². The third-order valence-electron chi connectivity index (χ3n) is 1.41. The lowest BCUT2D eigenvalue weighted by Crippen LogP contribution is -1.92. The second kappa shape index (κ2) is 8.05. The van der Waals surface area contributed by atoms with Gasteiger partial charge < -0.3 is 4.74 Å². The van der Waals surface area contributed by atoms with E-state index < -0.39 is 0 Å². The highest BCUT2D eigenvalue weighted by molar-refractivity contribution is 5.82. The third-order valence-corrected chi connectivity index (χ3v) is 1.41. The number of unbranched alkanes of at least 4 members (excludes halogenated alkanes) is 2. The highest BCUT2D eigenvalue weighted by Crippen LogP contribution is 1.94. The fourth-order valence-corrected chi connectivity index (χ4v) is 0.699. The molecule has 0 spiro atoms. The van der Waals surface area contributed by atoms with E-state index in [2.05, 4.69) is 11.7 Å². The van der Waals surface area contributed by atoms with Crippen molar-refractivity contribution in [2.24, 2.45) is 0 Å². The molecule has 12 heavy (non-hydrogen) atoms. The Kier molecular flexibility index (Phi) is 7.35. The van der Waals surface area contributed by atoms with Gasteiger partial charge in [-0.15, -0.1) is 0 Å². The summed E-state index contributed by atoms with van der Waals surface area (Å²) in [6.45, 7) is 2.15. The monoisotopic (exact) mass is 168 g/mol. The molecule has 0 amide bonds. The molecule has 0 aliphatic carbocycles. The van der Waals surface area contributed by atoms with Crippen molar-refractivity contribution in [1.29, 1.82) is 0 Å². The van der Waals surface area contributed by atoms with Gasteiger partial charge in [0.25, 0.3) is 0 Å². The van der Waals surface area contributed by atoms with Gasteiger partial charge >= 0.3 is 5.97 Å². The zero-order valence-corrected chi connectivity index (χ0v) is 7.75. The molecule has 0 atom stereocenters. The molecule has 0 aliphatic rings. The number of ether oxygens (including phenoxy) is 1. The minimum absolute atomic E-state index is 0.310. The highest BCUT2D eigenvalue weighted by atomic mass is 16.5. The van der Waals surface area contributed by atoms with E-state index in [0.717, 1.165) is 6.42 Å². The molecule has 0 rings (SSSR count). The van der Waals surface area contributed by atoms with Crippen LogP contribution in [0.25, 0.3) is 0 Å². The summed E-state index contributed by atoms with van der Waals surface area (Å²) in [6, 6.07) is 0. The minimum Gasteiger partial charge on any atom is -0.466 e. The number of esters is 1. The first-order valence-electron chi connectivity index (χ1n) is 4.22. The molecule has 0 bridgehead atoms. The van der Waals surface area contributed by atoms with Crippen LogP contribution >= 0.6 is 0 Å². The van der Waals surface area contributed by atoms with Gasteiger partial charge in [-0.1, -0.05) is 38.0 Å². The Balaban J connectivity index is 3.45. The predicted molar refractivity (Wildman–Crippen MR) is 49.8 cm³/mol. The van der Waals surface area contributed by atoms with Gasteiger partial charge in [0.05, 0.1) is 7.11 Å². The first kappa shape index (κ1) is 11.0. The Morgan fingerprint density at radius 2 is 2.17 bits per heavy atom. The molecule has 0 radical (unpaired) electrons. The molecule has 0 heterocycles. The molecule has 0 saturated heterocycles. The molecular weight excluding hydrogens is 152 g/mol. The van der Waals surface area contributed by atoms with E-state index in [1.807, 2.05) is 12.2 Å². The van der Waals surface area contributed by atoms with Crippen LogP contribution < -0.4 is 0 Å². The van der Waals surface area contributed by atoms with Crippen molar-refractivity contribution in [1.82, 2.24) is 0 Å². The molecule has 68 valence electrons. The van der Waals surface area contributed by atoms with Crippen LogP contribution in [0.1, 0.15) is 26.2 Å². The standard InChI is InChI=1S/C10H16O2/c1-3-4-5-6-7-8-9-10(11)12-2/h6-9H,3-5H2,1-2H3/b7-6+,9-8+. The summed E-state index contributed by atoms with van der Waals surface area (Å²) in [5.74, 6) is -0.310. The van der Waals surface area contributed by atoms with Gasteiger partial charge in [-0.25, -0.2) is 4.79 Å². The van der Waals surface area contributed by atoms with Crippen molar-refractivity contribution < 1.29 is 9.53 Å². The number of allylic oxidation sites excluding steroid dienone is 3. The van der Waals surface area contributed by atoms with Crippen molar-refractivity contribution in [2.45, 2.75) is 26.2 Å². The third kappa shape index (κ3) is 7.06. The van der Waals surface area contributed by atoms with Crippen molar-refractivity contribution in [2.75, 3.05) is 7.11 Å². The molecule has 0 aliphatic heterocycles. The van der Waals surface area contributed by atoms with Gasteiger partial charge in [0.1, 0.15) is 0 Å². The summed E-state index contributed by atoms with van der Waals surface area (Å²) < 4.78 is 4.42. The quantitative estimate of drug-likeness (QED) is 0.273. The van der Waals surface area contributed by atoms with E-state index in [9.17, 15) is 4.79 Å². The van der Waals surface area contributed by atoms with E-state index in [4.69, 9.17) is 0 Å². The average Bonchev–Trinajstić information content (AvgIpc) is 2.10. The number of carbonyl (C=O) groups excluding carboxylic acids is 1. The zero-order valence-electron chi connectivity index (χ0n) is 7.75. The highest BCUT2D eigenvalue weighted by Gasteiger charge is 1.86. The van der Waals surface area contributed by atoms with Gasteiger partial charge in [0.2, 0.25) is 0 Å². The lowest BCUT2D eigenvalue weighted by atomic mass is 10.2. The second-order valence-electron chi connectivity index (χ2n) is 2.45. The van der Waals surface area contributed by atoms with Crippen LogP contribution in [0.2, 0.25) is 0 Å². The number of hydrogen-bond donors (Lipinski definition) is 0. The van der Waals surface area contributed by atoms with Crippen molar-refractivity contribution >= 4 is 5.97 Å². The maximum atomic E-state index is 10.6. The smallest absolute Gasteiger partial charge is 0.330 e. The largest absolute Gasteiger partial charge is 0.466 e. The first-order valence-corrected chi connectivity index (χ1v) is 4.22. The Labute approximate surface area is 73.9 Å². The SMILES string of the molecule is CCCC/C=C/C=C/C(=O)OC. The van der Waals surface area contributed by atoms with Crippen LogP contribution in [0.4, 0.5) is 0 Å². The summed E-state index contributed by atoms with van der Waals surface area (Å²) in [4.78, 5) is 10.6. The number of rotatable bonds is 5. The Bertz CT molecular complexity index is 169. The van der Waals surface area contributed by atoms with Gasteiger partial charge in [-0.05, 0) is 6.42 Å². The molecule has 0 fully saturated rings. The summed E-state index contributed by atoms with van der Waals surface area (Å²) in [7, 11) is 1.37. The lowest BCUT2D eigenvalue weighted by Gasteiger charge is -1.87. The number of methoxy groups -OCH3 is 1. The normalized spacial score (nSPS) is 11.2. The summed E-state index contributed by atoms with van der Waals surface area (Å²) >= 11 is 0. The average molecular weight is 168 g/mol. The molecular formula is C10H16O2. The maximum Gasteiger partial charge on any atom is 0.330 e. The molecule has 0 N–H and O–H groups in total. The van der Waals surface area contributed by atoms with E-state index in [1.165, 1.54) is 26.0 Å². The molecule has 0 aromatic carbocycles. The van der Waals surface area contributed by atoms with Crippen molar-refractivity contribution in [3.8, 4) is 0 Å². The van der Waals surface area contributed by atoms with Gasteiger partial charge in [-0.2, -0.15) is 0 Å². The van der Waals surface area contributed by atoms with Crippen LogP contribution in [-0.4, -0.2) is 13.1 Å². The molecule has 0 aromatic rings. The van der Waals surface area contributed by atoms with Gasteiger partial charge in [-0.3, -0.25) is 0 Å². The van der Waals surface area contributed by atoms with E-state index in [-0.39, 0.29) is 5.97 Å². The summed E-state index contributed by atoms with van der Waals surface area (Å²) in [5, 5.41) is 0. The lowest BCUT2D eigenvalue weighted by molar-refractivity contribution is -0.134. The second-order valence-corrected chi connectivity index (χ2v) is 2.45. The Morgan fingerprint density at radius 1 is 1.42 bits per heavy atom. The summed E-state index contributed by atoms with van der Waals surface area (Å²) in [5.41, 5.74) is 0. The number of hydrogen-bond acceptors (Lipinski definition) is 2. The molecule has 0 saturated carbocycles. The Morgan fingerprint density at radius 3 is 2.75 bits per heavy atom. The summed E-state index contributed by atoms with van der Waals surface area (Å²) in [6.07, 6.45) is 10.5. The fraction of sp³-hybridized carbons (Fsp3) is 0.500. The maximum absolute atomic E-state index is 10.6. The topological polar surface area (TPSA) is 26.3 Å². The van der Waals surface area contributed by atoms with Crippen molar-refractivity contribution in [3.63, 3.8) is 0 Å². The van der Waals surface area contributed by atoms with Crippen molar-refractivity contribution in [3.05, 3.63) is 24.3 Å². The minimum atomic E-state index is -0.310. The van der Waals surface area contributed by atoms with E-state index in [1.54, 1.807) is 6.08 Å². The number of carbonyl (C=O) groups is 1. The van der Waals surface area contributed by atoms with Crippen LogP contribution in [0.3, 0.4) is 0 Å². The van der Waals surface area contributed by atoms with Crippen LogP contribution in [0.5, 0.6) is 0 Å². The predicted octanol–water partition coefficient (Wildman–Crippen LogP) is 2.46. The molecule has 2 heteroatoms. The van der Waals surface area contributed by atoms with E-state index in [0.29, 0.717) is 0 Å². The van der Waals surface area contributed by atoms with Crippen LogP contribution in [0.15, 0.2) is 24.3 Å². The van der Waals surface area contributed by atoms with Gasteiger partial charge in [0.15, 0.2) is 0 Å². The van der Waals surface area contributed by atoms with Gasteiger partial charge in [0, 0.05) is 6.08 Å². The fourth-order valence-electron chi connectivity index (χ4n) is 0.699. The first-order chi connectivity index (χ1) is 5.81. The zero-order chi connectivity index (χ0) is 9.23.